The standard InChI is InChI=1S/C48H36S2/c1-47(2,3)31-19-25-7-9-29-23-37-43(35-13-11-27(21-31)39(25)41(29)35)44-36-14-12-28-22-32(48(4,5)6)20-26-8-10-30(42(36)40(26)28)24-38(44)46-34(16-18-50-46)33-15-17-49-45(33)37/h7-24H,1-6H3. The first-order valence-electron chi connectivity index (χ1n) is 17.7. The molecule has 0 fully saturated rings. The highest BCUT2D eigenvalue weighted by Crippen LogP contribution is 2.49. The molecule has 0 aliphatic rings. The molecule has 0 amide bonds. The van der Waals surface area contributed by atoms with Crippen LogP contribution in [-0.2, 0) is 10.8 Å². The van der Waals surface area contributed by atoms with Gasteiger partial charge in [-0.1, -0.05) is 114 Å². The molecule has 0 saturated heterocycles. The largest absolute Gasteiger partial charge is 0.143 e. The maximum atomic E-state index is 2.51. The van der Waals surface area contributed by atoms with Crippen LogP contribution >= 0.6 is 22.7 Å². The highest BCUT2D eigenvalue weighted by Gasteiger charge is 2.23. The molecule has 0 atom stereocenters. The minimum Gasteiger partial charge on any atom is -0.143 e. The minimum atomic E-state index is 0.0814. The van der Waals surface area contributed by atoms with E-state index in [-0.39, 0.29) is 10.8 Å². The molecule has 2 heterocycles. The van der Waals surface area contributed by atoms with E-state index in [1.165, 1.54) is 117 Å². The average molecular weight is 677 g/mol. The molecule has 2 aromatic heterocycles. The Morgan fingerprint density at radius 3 is 1.02 bits per heavy atom. The van der Waals surface area contributed by atoms with Gasteiger partial charge in [0.05, 0.1) is 0 Å². The second-order valence-corrected chi connectivity index (χ2v) is 18.4. The summed E-state index contributed by atoms with van der Waals surface area (Å²) in [5.74, 6) is 0. The van der Waals surface area contributed by atoms with Crippen molar-refractivity contribution in [2.24, 2.45) is 0 Å². The summed E-state index contributed by atoms with van der Waals surface area (Å²) in [7, 11) is 0. The number of rotatable bonds is 0. The summed E-state index contributed by atoms with van der Waals surface area (Å²) in [6.07, 6.45) is 0. The molecule has 0 nitrogen and oxygen atoms in total. The maximum absolute atomic E-state index is 2.51. The molecule has 0 saturated carbocycles. The van der Waals surface area contributed by atoms with E-state index in [1.807, 2.05) is 22.7 Å². The Kier molecular flexibility index (Phi) is 5.52. The molecule has 0 aliphatic carbocycles. The molecule has 0 aliphatic heterocycles. The summed E-state index contributed by atoms with van der Waals surface area (Å²) >= 11 is 3.76. The van der Waals surface area contributed by atoms with E-state index in [0.717, 1.165) is 0 Å². The van der Waals surface area contributed by atoms with Crippen LogP contribution in [0.15, 0.2) is 108 Å². The third-order valence-electron chi connectivity index (χ3n) is 11.5. The quantitative estimate of drug-likeness (QED) is 0.140. The van der Waals surface area contributed by atoms with Crippen molar-refractivity contribution in [3.8, 4) is 0 Å². The summed E-state index contributed by atoms with van der Waals surface area (Å²) < 4.78 is 2.73. The Hall–Kier alpha value is -4.76. The zero-order valence-electron chi connectivity index (χ0n) is 29.2. The van der Waals surface area contributed by atoms with Gasteiger partial charge in [-0.25, -0.2) is 0 Å². The van der Waals surface area contributed by atoms with Crippen LogP contribution in [0.2, 0.25) is 0 Å². The van der Waals surface area contributed by atoms with Crippen LogP contribution < -0.4 is 0 Å². The van der Waals surface area contributed by atoms with Crippen molar-refractivity contribution in [3.63, 3.8) is 0 Å². The molecule has 11 rings (SSSR count). The lowest BCUT2D eigenvalue weighted by atomic mass is 9.81. The number of thiophene rings is 2. The van der Waals surface area contributed by atoms with Gasteiger partial charge in [0.25, 0.3) is 0 Å². The van der Waals surface area contributed by atoms with Gasteiger partial charge in [0, 0.05) is 30.9 Å². The lowest BCUT2D eigenvalue weighted by Gasteiger charge is -2.22. The molecule has 0 unspecified atom stereocenters. The van der Waals surface area contributed by atoms with Crippen LogP contribution in [0, 0.1) is 0 Å². The van der Waals surface area contributed by atoms with Gasteiger partial charge in [-0.05, 0) is 132 Å². The molecule has 50 heavy (non-hydrogen) atoms. The van der Waals surface area contributed by atoms with Crippen molar-refractivity contribution in [2.75, 3.05) is 0 Å². The summed E-state index contributed by atoms with van der Waals surface area (Å²) in [5.41, 5.74) is 2.93. The van der Waals surface area contributed by atoms with Gasteiger partial charge in [-0.2, -0.15) is 0 Å². The van der Waals surface area contributed by atoms with Gasteiger partial charge in [0.15, 0.2) is 0 Å². The van der Waals surface area contributed by atoms with Crippen LogP contribution in [-0.4, -0.2) is 0 Å². The third kappa shape index (κ3) is 3.76. The topological polar surface area (TPSA) is 0 Å². The van der Waals surface area contributed by atoms with Crippen molar-refractivity contribution < 1.29 is 0 Å². The SMILES string of the molecule is CC(C)(C)c1cc2ccc3cc4c5sccc5c5ccsc5c5cc6ccc7cc(C(C)(C)C)cc8ccc(c6c78)c5c4c4ccc(c1)c2c34. The molecular formula is C48H36S2. The molecule has 240 valence electrons. The first-order valence-corrected chi connectivity index (χ1v) is 19.5. The second-order valence-electron chi connectivity index (χ2n) is 16.6. The van der Waals surface area contributed by atoms with Gasteiger partial charge in [0.2, 0.25) is 0 Å². The van der Waals surface area contributed by atoms with E-state index in [1.54, 1.807) is 0 Å². The van der Waals surface area contributed by atoms with Crippen molar-refractivity contribution in [1.29, 1.82) is 0 Å². The van der Waals surface area contributed by atoms with Gasteiger partial charge in [-0.3, -0.25) is 0 Å². The van der Waals surface area contributed by atoms with Crippen LogP contribution in [0.25, 0.3) is 106 Å². The van der Waals surface area contributed by atoms with Crippen molar-refractivity contribution in [2.45, 2.75) is 52.4 Å². The predicted octanol–water partition coefficient (Wildman–Crippen LogP) is 15.4. The predicted molar refractivity (Wildman–Crippen MR) is 226 cm³/mol. The molecule has 0 radical (unpaired) electrons. The summed E-state index contributed by atoms with van der Waals surface area (Å²) in [5, 5.41) is 28.9. The molecule has 9 aromatic carbocycles. The Morgan fingerprint density at radius 2 is 0.660 bits per heavy atom. The van der Waals surface area contributed by atoms with Crippen LogP contribution in [0.3, 0.4) is 0 Å². The van der Waals surface area contributed by atoms with Crippen LogP contribution in [0.1, 0.15) is 52.7 Å². The first-order chi connectivity index (χ1) is 24.0. The second kappa shape index (κ2) is 9.51. The Morgan fingerprint density at radius 1 is 0.320 bits per heavy atom. The molecular weight excluding hydrogens is 641 g/mol. The Balaban J connectivity index is 1.45. The van der Waals surface area contributed by atoms with E-state index < -0.39 is 0 Å². The molecule has 0 N–H and O–H groups in total. The van der Waals surface area contributed by atoms with Crippen molar-refractivity contribution >= 4 is 129 Å². The van der Waals surface area contributed by atoms with Gasteiger partial charge >= 0.3 is 0 Å². The summed E-state index contributed by atoms with van der Waals surface area (Å²) in [6, 6.07) is 38.6. The minimum absolute atomic E-state index is 0.0814. The summed E-state index contributed by atoms with van der Waals surface area (Å²) in [6.45, 7) is 13.9. The highest BCUT2D eigenvalue weighted by atomic mass is 32.1. The molecule has 0 spiro atoms. The zero-order valence-corrected chi connectivity index (χ0v) is 30.8. The normalized spacial score (nSPS) is 13.4. The fourth-order valence-electron chi connectivity index (χ4n) is 9.01. The van der Waals surface area contributed by atoms with Gasteiger partial charge in [-0.15, -0.1) is 22.7 Å². The zero-order chi connectivity index (χ0) is 33.8. The fraction of sp³-hybridized carbons (Fsp3) is 0.167. The number of hydrogen-bond acceptors (Lipinski definition) is 2. The van der Waals surface area contributed by atoms with E-state index in [2.05, 4.69) is 149 Å². The molecule has 2 heteroatoms. The summed E-state index contributed by atoms with van der Waals surface area (Å²) in [4.78, 5) is 0. The van der Waals surface area contributed by atoms with Gasteiger partial charge < -0.3 is 0 Å². The van der Waals surface area contributed by atoms with E-state index in [9.17, 15) is 0 Å². The smallest absolute Gasteiger partial charge is 0.0428 e. The Bertz CT molecular complexity index is 3000. The Labute approximate surface area is 298 Å². The maximum Gasteiger partial charge on any atom is 0.0428 e. The van der Waals surface area contributed by atoms with Crippen molar-refractivity contribution in [1.82, 2.24) is 0 Å². The van der Waals surface area contributed by atoms with E-state index >= 15 is 0 Å². The molecule has 0 bridgehead atoms. The van der Waals surface area contributed by atoms with Crippen LogP contribution in [0.4, 0.5) is 0 Å². The average Bonchev–Trinajstić information content (AvgIpc) is 3.77. The first kappa shape index (κ1) is 29.0. The van der Waals surface area contributed by atoms with Crippen molar-refractivity contribution in [3.05, 3.63) is 119 Å². The lowest BCUT2D eigenvalue weighted by Crippen LogP contribution is -2.10. The van der Waals surface area contributed by atoms with Crippen LogP contribution in [0.5, 0.6) is 0 Å². The van der Waals surface area contributed by atoms with E-state index in [0.29, 0.717) is 0 Å². The number of hydrogen-bond donors (Lipinski definition) is 0. The number of fused-ring (bicyclic) bond motifs is 10. The lowest BCUT2D eigenvalue weighted by molar-refractivity contribution is 0.591. The van der Waals surface area contributed by atoms with Gasteiger partial charge in [0.1, 0.15) is 0 Å². The van der Waals surface area contributed by atoms with E-state index in [4.69, 9.17) is 0 Å². The monoisotopic (exact) mass is 676 g/mol. The molecule has 11 aromatic rings. The third-order valence-corrected chi connectivity index (χ3v) is 13.4. The fourth-order valence-corrected chi connectivity index (χ4v) is 10.9. The highest BCUT2D eigenvalue weighted by molar-refractivity contribution is 7.20. The number of benzene rings is 8.